The zero-order valence-corrected chi connectivity index (χ0v) is 21.9. The molecular weight excluding hydrogens is 478 g/mol. The summed E-state index contributed by atoms with van der Waals surface area (Å²) in [6, 6.07) is 15.4. The van der Waals surface area contributed by atoms with Gasteiger partial charge in [0.2, 0.25) is 11.8 Å². The molecule has 2 aromatic carbocycles. The number of halogens is 1. The Bertz CT molecular complexity index is 1040. The smallest absolute Gasteiger partial charge is 0.246 e. The topological polar surface area (TPSA) is 71.1 Å². The fourth-order valence-electron chi connectivity index (χ4n) is 5.39. The van der Waals surface area contributed by atoms with Crippen LogP contribution < -0.4 is 10.1 Å². The minimum Gasteiger partial charge on any atom is -0.497 e. The van der Waals surface area contributed by atoms with Crippen molar-refractivity contribution in [3.05, 3.63) is 64.7 Å². The summed E-state index contributed by atoms with van der Waals surface area (Å²) in [6.07, 6.45) is 3.44. The lowest BCUT2D eigenvalue weighted by Crippen LogP contribution is -2.45. The van der Waals surface area contributed by atoms with E-state index in [0.717, 1.165) is 68.7 Å². The number of carbonyl (C=O) groups excluding carboxylic acids is 2. The predicted molar refractivity (Wildman–Crippen MR) is 140 cm³/mol. The summed E-state index contributed by atoms with van der Waals surface area (Å²) < 4.78 is 10.2. The van der Waals surface area contributed by atoms with Gasteiger partial charge in [0.25, 0.3) is 0 Å². The number of nitrogens with zero attached hydrogens (tertiary/aromatic N) is 2. The van der Waals surface area contributed by atoms with Crippen LogP contribution in [0.2, 0.25) is 5.02 Å². The molecule has 1 N–H and O–H groups in total. The molecule has 2 heterocycles. The van der Waals surface area contributed by atoms with E-state index >= 15 is 0 Å². The molecule has 2 amide bonds. The van der Waals surface area contributed by atoms with Gasteiger partial charge in [-0.3, -0.25) is 9.59 Å². The van der Waals surface area contributed by atoms with Gasteiger partial charge >= 0.3 is 0 Å². The molecule has 2 aliphatic rings. The molecule has 8 heteroatoms. The highest BCUT2D eigenvalue weighted by atomic mass is 35.5. The molecule has 0 saturated carbocycles. The van der Waals surface area contributed by atoms with Crippen LogP contribution in [0.1, 0.15) is 42.9 Å². The number of hydrogen-bond acceptors (Lipinski definition) is 5. The maximum absolute atomic E-state index is 13.4. The van der Waals surface area contributed by atoms with Crippen molar-refractivity contribution in [3.63, 3.8) is 0 Å². The van der Waals surface area contributed by atoms with Crippen molar-refractivity contribution in [2.75, 3.05) is 47.0 Å². The van der Waals surface area contributed by atoms with E-state index in [9.17, 15) is 9.59 Å². The van der Waals surface area contributed by atoms with Gasteiger partial charge in [-0.15, -0.1) is 0 Å². The Hall–Kier alpha value is -2.61. The second-order valence-electron chi connectivity index (χ2n) is 9.84. The first-order valence-corrected chi connectivity index (χ1v) is 13.0. The maximum Gasteiger partial charge on any atom is 0.246 e. The minimum absolute atomic E-state index is 0.0262. The molecule has 4 rings (SSSR count). The van der Waals surface area contributed by atoms with Crippen molar-refractivity contribution in [2.45, 2.75) is 38.3 Å². The molecule has 2 aromatic rings. The van der Waals surface area contributed by atoms with E-state index in [1.165, 1.54) is 7.11 Å². The predicted octanol–water partition coefficient (Wildman–Crippen LogP) is 4.06. The zero-order valence-electron chi connectivity index (χ0n) is 21.2. The molecule has 2 aliphatic heterocycles. The van der Waals surface area contributed by atoms with Crippen molar-refractivity contribution in [1.82, 2.24) is 15.1 Å². The Morgan fingerprint density at radius 2 is 1.81 bits per heavy atom. The normalized spacial score (nSPS) is 18.4. The van der Waals surface area contributed by atoms with Crippen LogP contribution in [0.15, 0.2) is 48.5 Å². The average molecular weight is 514 g/mol. The van der Waals surface area contributed by atoms with E-state index in [1.54, 1.807) is 7.11 Å². The van der Waals surface area contributed by atoms with Gasteiger partial charge in [-0.25, -0.2) is 0 Å². The van der Waals surface area contributed by atoms with Crippen LogP contribution in [-0.2, 0) is 20.9 Å². The molecular formula is C28H36ClN3O4. The highest BCUT2D eigenvalue weighted by Crippen LogP contribution is 2.42. The Morgan fingerprint density at radius 1 is 1.08 bits per heavy atom. The van der Waals surface area contributed by atoms with E-state index in [2.05, 4.69) is 10.2 Å². The SMILES string of the molecule is COCC(=O)NC(CCN1CCC2(CC1)CCN(Cc1ccc(OC)cc1)C2=O)c1cccc(Cl)c1. The summed E-state index contributed by atoms with van der Waals surface area (Å²) in [5, 5.41) is 3.73. The molecule has 1 atom stereocenters. The highest BCUT2D eigenvalue weighted by Gasteiger charge is 2.47. The average Bonchev–Trinajstić information content (AvgIpc) is 3.18. The monoisotopic (exact) mass is 513 g/mol. The summed E-state index contributed by atoms with van der Waals surface area (Å²) in [4.78, 5) is 30.0. The van der Waals surface area contributed by atoms with Gasteiger partial charge in [0.1, 0.15) is 12.4 Å². The van der Waals surface area contributed by atoms with Crippen LogP contribution in [0, 0.1) is 5.41 Å². The van der Waals surface area contributed by atoms with Crippen molar-refractivity contribution < 1.29 is 19.1 Å². The van der Waals surface area contributed by atoms with E-state index in [-0.39, 0.29) is 24.0 Å². The second kappa shape index (κ2) is 12.1. The molecule has 1 unspecified atom stereocenters. The number of methoxy groups -OCH3 is 2. The fourth-order valence-corrected chi connectivity index (χ4v) is 5.59. The molecule has 0 aromatic heterocycles. The summed E-state index contributed by atoms with van der Waals surface area (Å²) in [6.45, 7) is 4.10. The molecule has 36 heavy (non-hydrogen) atoms. The van der Waals surface area contributed by atoms with Gasteiger partial charge in [0.05, 0.1) is 18.6 Å². The second-order valence-corrected chi connectivity index (χ2v) is 10.3. The minimum atomic E-state index is -0.234. The first kappa shape index (κ1) is 26.5. The van der Waals surface area contributed by atoms with Gasteiger partial charge in [-0.05, 0) is 74.2 Å². The molecule has 0 bridgehead atoms. The summed E-state index contributed by atoms with van der Waals surface area (Å²) in [5.41, 5.74) is 1.88. The standard InChI is InChI=1S/C28H36ClN3O4/c1-35-20-26(33)30-25(22-4-3-5-23(29)18-22)10-14-31-15-11-28(12-16-31)13-17-32(27(28)34)19-21-6-8-24(36-2)9-7-21/h3-9,18,25H,10-17,19-20H2,1-2H3,(H,30,33). The lowest BCUT2D eigenvalue weighted by molar-refractivity contribution is -0.139. The Balaban J connectivity index is 1.31. The first-order valence-electron chi connectivity index (χ1n) is 12.6. The van der Waals surface area contributed by atoms with Gasteiger partial charge in [-0.1, -0.05) is 35.9 Å². The molecule has 0 radical (unpaired) electrons. The Kier molecular flexibility index (Phi) is 8.88. The summed E-state index contributed by atoms with van der Waals surface area (Å²) in [5.74, 6) is 0.974. The third kappa shape index (κ3) is 6.38. The number of ether oxygens (including phenoxy) is 2. The Morgan fingerprint density at radius 3 is 2.47 bits per heavy atom. The van der Waals surface area contributed by atoms with Gasteiger partial charge in [0, 0.05) is 31.8 Å². The van der Waals surface area contributed by atoms with E-state index in [1.807, 2.05) is 53.4 Å². The van der Waals surface area contributed by atoms with Gasteiger partial charge in [-0.2, -0.15) is 0 Å². The number of hydrogen-bond donors (Lipinski definition) is 1. The van der Waals surface area contributed by atoms with E-state index < -0.39 is 0 Å². The zero-order chi connectivity index (χ0) is 25.5. The fraction of sp³-hybridized carbons (Fsp3) is 0.500. The number of likely N-dealkylation sites (tertiary alicyclic amines) is 2. The molecule has 1 spiro atoms. The van der Waals surface area contributed by atoms with Gasteiger partial charge in [0.15, 0.2) is 0 Å². The van der Waals surface area contributed by atoms with E-state index in [0.29, 0.717) is 17.5 Å². The highest BCUT2D eigenvalue weighted by molar-refractivity contribution is 6.30. The number of amides is 2. The number of benzene rings is 2. The van der Waals surface area contributed by atoms with Crippen LogP contribution >= 0.6 is 11.6 Å². The van der Waals surface area contributed by atoms with Crippen molar-refractivity contribution in [3.8, 4) is 5.75 Å². The van der Waals surface area contributed by atoms with Crippen LogP contribution in [0.3, 0.4) is 0 Å². The molecule has 0 aliphatic carbocycles. The molecule has 194 valence electrons. The van der Waals surface area contributed by atoms with Crippen molar-refractivity contribution in [2.24, 2.45) is 5.41 Å². The number of nitrogens with one attached hydrogen (secondary N) is 1. The molecule has 2 saturated heterocycles. The van der Waals surface area contributed by atoms with Crippen LogP contribution in [-0.4, -0.2) is 68.6 Å². The third-order valence-corrected chi connectivity index (χ3v) is 7.78. The largest absolute Gasteiger partial charge is 0.497 e. The third-order valence-electron chi connectivity index (χ3n) is 7.54. The van der Waals surface area contributed by atoms with Crippen molar-refractivity contribution in [1.29, 1.82) is 0 Å². The number of carbonyl (C=O) groups is 2. The maximum atomic E-state index is 13.4. The van der Waals surface area contributed by atoms with Crippen LogP contribution in [0.25, 0.3) is 0 Å². The number of piperidine rings is 1. The first-order chi connectivity index (χ1) is 17.4. The Labute approximate surface area is 218 Å². The van der Waals surface area contributed by atoms with Crippen LogP contribution in [0.4, 0.5) is 0 Å². The lowest BCUT2D eigenvalue weighted by Gasteiger charge is -2.38. The molecule has 2 fully saturated rings. The summed E-state index contributed by atoms with van der Waals surface area (Å²) >= 11 is 6.21. The van der Waals surface area contributed by atoms with Crippen LogP contribution in [0.5, 0.6) is 5.75 Å². The summed E-state index contributed by atoms with van der Waals surface area (Å²) in [7, 11) is 3.17. The van der Waals surface area contributed by atoms with Gasteiger partial charge < -0.3 is 24.6 Å². The van der Waals surface area contributed by atoms with Crippen molar-refractivity contribution >= 4 is 23.4 Å². The molecule has 7 nitrogen and oxygen atoms in total. The lowest BCUT2D eigenvalue weighted by atomic mass is 9.77. The number of rotatable bonds is 10. The quantitative estimate of drug-likeness (QED) is 0.519. The van der Waals surface area contributed by atoms with E-state index in [4.69, 9.17) is 21.1 Å².